The first-order chi connectivity index (χ1) is 15.6. The molecule has 2 fully saturated rings. The lowest BCUT2D eigenvalue weighted by atomic mass is 9.65. The van der Waals surface area contributed by atoms with E-state index >= 15 is 8.78 Å². The van der Waals surface area contributed by atoms with Crippen LogP contribution in [0.15, 0.2) is 6.07 Å². The second-order valence-electron chi connectivity index (χ2n) is 11.0. The van der Waals surface area contributed by atoms with Crippen molar-refractivity contribution in [2.75, 3.05) is 6.61 Å². The zero-order chi connectivity index (χ0) is 22.5. The molecule has 1 nitrogen and oxygen atoms in total. The van der Waals surface area contributed by atoms with E-state index in [1.54, 1.807) is 6.07 Å². The molecule has 0 aliphatic heterocycles. The standard InChI is InChI=1S/C29H44F2O/c1-3-5-7-8-20-9-14-26-24(16-20)19-27(30)28(29(26)31)23-11-10-22-18-25(32-15-6-4-2)13-12-21(22)17-23/h19-23,25H,3-18H2,1-2H3. The van der Waals surface area contributed by atoms with Crippen molar-refractivity contribution in [3.8, 4) is 0 Å². The maximum absolute atomic E-state index is 15.6. The third kappa shape index (κ3) is 5.57. The number of rotatable bonds is 9. The van der Waals surface area contributed by atoms with Gasteiger partial charge in [0, 0.05) is 12.2 Å². The van der Waals surface area contributed by atoms with Crippen LogP contribution in [0.2, 0.25) is 0 Å². The van der Waals surface area contributed by atoms with E-state index in [4.69, 9.17) is 4.74 Å². The molecule has 3 aliphatic carbocycles. The second kappa shape index (κ2) is 11.4. The molecular weight excluding hydrogens is 402 g/mol. The molecule has 0 radical (unpaired) electrons. The summed E-state index contributed by atoms with van der Waals surface area (Å²) in [5.41, 5.74) is 2.21. The van der Waals surface area contributed by atoms with Crippen molar-refractivity contribution >= 4 is 0 Å². The van der Waals surface area contributed by atoms with Crippen molar-refractivity contribution in [3.63, 3.8) is 0 Å². The summed E-state index contributed by atoms with van der Waals surface area (Å²) in [5, 5.41) is 0. The summed E-state index contributed by atoms with van der Waals surface area (Å²) in [7, 11) is 0. The van der Waals surface area contributed by atoms with Gasteiger partial charge in [-0.3, -0.25) is 0 Å². The van der Waals surface area contributed by atoms with Gasteiger partial charge in [-0.15, -0.1) is 0 Å². The monoisotopic (exact) mass is 446 g/mol. The largest absolute Gasteiger partial charge is 0.378 e. The quantitative estimate of drug-likeness (QED) is 0.345. The van der Waals surface area contributed by atoms with E-state index < -0.39 is 0 Å². The molecule has 0 spiro atoms. The van der Waals surface area contributed by atoms with Gasteiger partial charge in [0.1, 0.15) is 11.6 Å². The highest BCUT2D eigenvalue weighted by Gasteiger charge is 2.38. The molecular formula is C29H44F2O. The Morgan fingerprint density at radius 1 is 0.906 bits per heavy atom. The van der Waals surface area contributed by atoms with E-state index in [0.29, 0.717) is 29.4 Å². The van der Waals surface area contributed by atoms with Crippen LogP contribution < -0.4 is 0 Å². The first-order valence-corrected chi connectivity index (χ1v) is 13.7. The fourth-order valence-electron chi connectivity index (χ4n) is 6.90. The van der Waals surface area contributed by atoms with Gasteiger partial charge in [-0.25, -0.2) is 8.78 Å². The van der Waals surface area contributed by atoms with E-state index in [9.17, 15) is 0 Å². The van der Waals surface area contributed by atoms with Gasteiger partial charge >= 0.3 is 0 Å². The van der Waals surface area contributed by atoms with Crippen molar-refractivity contribution in [2.24, 2.45) is 17.8 Å². The van der Waals surface area contributed by atoms with Gasteiger partial charge in [0.25, 0.3) is 0 Å². The molecule has 32 heavy (non-hydrogen) atoms. The lowest BCUT2D eigenvalue weighted by Crippen LogP contribution is -2.34. The molecule has 180 valence electrons. The Hall–Kier alpha value is -0.960. The van der Waals surface area contributed by atoms with Crippen molar-refractivity contribution in [2.45, 2.75) is 122 Å². The molecule has 0 saturated heterocycles. The van der Waals surface area contributed by atoms with Crippen LogP contribution in [0.3, 0.4) is 0 Å². The highest BCUT2D eigenvalue weighted by atomic mass is 19.1. The summed E-state index contributed by atoms with van der Waals surface area (Å²) in [4.78, 5) is 0. The van der Waals surface area contributed by atoms with Gasteiger partial charge in [-0.1, -0.05) is 46.0 Å². The zero-order valence-electron chi connectivity index (χ0n) is 20.4. The fraction of sp³-hybridized carbons (Fsp3) is 0.793. The normalized spacial score (nSPS) is 30.1. The number of unbranched alkanes of at least 4 members (excludes halogenated alkanes) is 3. The van der Waals surface area contributed by atoms with Crippen LogP contribution in [0.5, 0.6) is 0 Å². The van der Waals surface area contributed by atoms with Crippen LogP contribution in [0.25, 0.3) is 0 Å². The van der Waals surface area contributed by atoms with Crippen LogP contribution >= 0.6 is 0 Å². The summed E-state index contributed by atoms with van der Waals surface area (Å²) >= 11 is 0. The highest BCUT2D eigenvalue weighted by molar-refractivity contribution is 5.39. The van der Waals surface area contributed by atoms with E-state index in [2.05, 4.69) is 13.8 Å². The Morgan fingerprint density at radius 3 is 2.50 bits per heavy atom. The molecule has 3 heteroatoms. The number of halogens is 2. The van der Waals surface area contributed by atoms with Gasteiger partial charge in [0.05, 0.1) is 6.10 Å². The third-order valence-electron chi connectivity index (χ3n) is 8.80. The summed E-state index contributed by atoms with van der Waals surface area (Å²) in [6.07, 6.45) is 16.8. The predicted molar refractivity (Wildman–Crippen MR) is 128 cm³/mol. The molecule has 4 rings (SSSR count). The van der Waals surface area contributed by atoms with Gasteiger partial charge in [-0.05, 0) is 105 Å². The molecule has 0 N–H and O–H groups in total. The average Bonchev–Trinajstić information content (AvgIpc) is 2.79. The number of fused-ring (bicyclic) bond motifs is 2. The van der Waals surface area contributed by atoms with Crippen molar-refractivity contribution < 1.29 is 13.5 Å². The highest BCUT2D eigenvalue weighted by Crippen LogP contribution is 2.48. The zero-order valence-corrected chi connectivity index (χ0v) is 20.4. The minimum Gasteiger partial charge on any atom is -0.378 e. The molecule has 5 atom stereocenters. The number of hydrogen-bond acceptors (Lipinski definition) is 1. The van der Waals surface area contributed by atoms with Crippen molar-refractivity contribution in [1.82, 2.24) is 0 Å². The first-order valence-electron chi connectivity index (χ1n) is 13.7. The Balaban J connectivity index is 1.39. The summed E-state index contributed by atoms with van der Waals surface area (Å²) in [6, 6.07) is 1.71. The van der Waals surface area contributed by atoms with Crippen LogP contribution in [0, 0.1) is 29.4 Å². The summed E-state index contributed by atoms with van der Waals surface area (Å²) in [5.74, 6) is 1.49. The van der Waals surface area contributed by atoms with E-state index in [1.807, 2.05) is 0 Å². The van der Waals surface area contributed by atoms with Crippen LogP contribution in [0.4, 0.5) is 8.78 Å². The molecule has 0 bridgehead atoms. The van der Waals surface area contributed by atoms with E-state index in [-0.39, 0.29) is 17.6 Å². The average molecular weight is 447 g/mol. The molecule has 0 amide bonds. The number of hydrogen-bond donors (Lipinski definition) is 0. The topological polar surface area (TPSA) is 9.23 Å². The summed E-state index contributed by atoms with van der Waals surface area (Å²) in [6.45, 7) is 5.31. The predicted octanol–water partition coefficient (Wildman–Crippen LogP) is 8.52. The maximum atomic E-state index is 15.6. The molecule has 0 heterocycles. The van der Waals surface area contributed by atoms with Crippen LogP contribution in [0.1, 0.15) is 120 Å². The lowest BCUT2D eigenvalue weighted by molar-refractivity contribution is -0.0162. The molecule has 0 aromatic heterocycles. The first kappa shape index (κ1) is 24.2. The van der Waals surface area contributed by atoms with E-state index in [0.717, 1.165) is 81.9 Å². The minimum absolute atomic E-state index is 0.0568. The third-order valence-corrected chi connectivity index (χ3v) is 8.80. The van der Waals surface area contributed by atoms with Crippen LogP contribution in [-0.2, 0) is 17.6 Å². The Bertz CT molecular complexity index is 745. The maximum Gasteiger partial charge on any atom is 0.133 e. The van der Waals surface area contributed by atoms with Crippen LogP contribution in [-0.4, -0.2) is 12.7 Å². The van der Waals surface area contributed by atoms with E-state index in [1.165, 1.54) is 32.1 Å². The van der Waals surface area contributed by atoms with Gasteiger partial charge in [0.2, 0.25) is 0 Å². The molecule has 3 aliphatic rings. The second-order valence-corrected chi connectivity index (χ2v) is 11.0. The number of benzene rings is 1. The Labute approximate surface area is 194 Å². The Morgan fingerprint density at radius 2 is 1.69 bits per heavy atom. The summed E-state index contributed by atoms with van der Waals surface area (Å²) < 4.78 is 37.0. The number of ether oxygens (including phenoxy) is 1. The Kier molecular flexibility index (Phi) is 8.65. The molecule has 2 saturated carbocycles. The van der Waals surface area contributed by atoms with Gasteiger partial charge in [0.15, 0.2) is 0 Å². The molecule has 5 unspecified atom stereocenters. The smallest absolute Gasteiger partial charge is 0.133 e. The molecule has 1 aromatic rings. The molecule has 1 aromatic carbocycles. The fourth-order valence-corrected chi connectivity index (χ4v) is 6.90. The SMILES string of the molecule is CCCCCC1CCc2c(cc(F)c(C3CCC4CC(OCCCC)CCC4C3)c2F)C1. The van der Waals surface area contributed by atoms with Gasteiger partial charge < -0.3 is 4.74 Å². The van der Waals surface area contributed by atoms with Crippen molar-refractivity contribution in [3.05, 3.63) is 34.4 Å². The lowest BCUT2D eigenvalue weighted by Gasteiger charge is -2.42. The van der Waals surface area contributed by atoms with Gasteiger partial charge in [-0.2, -0.15) is 0 Å². The minimum atomic E-state index is -0.268. The van der Waals surface area contributed by atoms with Crippen molar-refractivity contribution in [1.29, 1.82) is 0 Å².